The molecule has 1 unspecified atom stereocenters. The van der Waals surface area contributed by atoms with E-state index in [1.165, 1.54) is 0 Å². The Kier molecular flexibility index (Phi) is 2.87. The van der Waals surface area contributed by atoms with Gasteiger partial charge in [0, 0.05) is 18.3 Å². The van der Waals surface area contributed by atoms with Crippen molar-refractivity contribution in [2.45, 2.75) is 12.5 Å². The highest BCUT2D eigenvalue weighted by atomic mass is 16.1. The first-order valence-electron chi connectivity index (χ1n) is 6.36. The molecule has 3 rings (SSSR count). The Morgan fingerprint density at radius 2 is 2.37 bits per heavy atom. The summed E-state index contributed by atoms with van der Waals surface area (Å²) in [6, 6.07) is 5.50. The number of nitrogens with two attached hydrogens (primary N) is 1. The summed E-state index contributed by atoms with van der Waals surface area (Å²) in [6.45, 7) is 2.02. The number of likely N-dealkylation sites (tertiary alicyclic amines) is 1. The van der Waals surface area contributed by atoms with Crippen molar-refractivity contribution in [1.29, 1.82) is 0 Å². The zero-order chi connectivity index (χ0) is 13.4. The molecule has 100 valence electrons. The molecule has 1 fully saturated rings. The van der Waals surface area contributed by atoms with E-state index in [4.69, 9.17) is 5.73 Å². The topological polar surface area (TPSA) is 87.0 Å². The third kappa shape index (κ3) is 2.39. The Bertz CT molecular complexity index is 666. The van der Waals surface area contributed by atoms with Crippen LogP contribution in [0.15, 0.2) is 23.0 Å². The molecule has 2 aromatic rings. The molecule has 19 heavy (non-hydrogen) atoms. The van der Waals surface area contributed by atoms with Gasteiger partial charge in [0.25, 0.3) is 5.56 Å². The van der Waals surface area contributed by atoms with Crippen LogP contribution in [0.1, 0.15) is 6.42 Å². The number of likely N-dealkylation sites (N-methyl/N-ethyl adjacent to an activating group) is 1. The SMILES string of the molecule is CN1CCC(Nc2nc3ccc(N)cc3c(=O)[nH]2)C1. The summed E-state index contributed by atoms with van der Waals surface area (Å²) < 4.78 is 0. The van der Waals surface area contributed by atoms with Gasteiger partial charge in [-0.2, -0.15) is 0 Å². The molecule has 1 aliphatic heterocycles. The number of aromatic nitrogens is 2. The number of aromatic amines is 1. The minimum atomic E-state index is -0.161. The second-order valence-corrected chi connectivity index (χ2v) is 5.08. The van der Waals surface area contributed by atoms with Gasteiger partial charge in [-0.05, 0) is 38.2 Å². The predicted octanol–water partition coefficient (Wildman–Crippen LogP) is 0.621. The van der Waals surface area contributed by atoms with Gasteiger partial charge in [-0.15, -0.1) is 0 Å². The van der Waals surface area contributed by atoms with Crippen molar-refractivity contribution in [3.63, 3.8) is 0 Å². The molecule has 0 bridgehead atoms. The number of nitrogens with zero attached hydrogens (tertiary/aromatic N) is 2. The van der Waals surface area contributed by atoms with Crippen molar-refractivity contribution in [2.75, 3.05) is 31.2 Å². The Labute approximate surface area is 110 Å². The van der Waals surface area contributed by atoms with Crippen LogP contribution >= 0.6 is 0 Å². The van der Waals surface area contributed by atoms with Gasteiger partial charge in [0.15, 0.2) is 0 Å². The number of nitrogens with one attached hydrogen (secondary N) is 2. The Balaban J connectivity index is 1.93. The fourth-order valence-electron chi connectivity index (χ4n) is 2.47. The van der Waals surface area contributed by atoms with Crippen molar-refractivity contribution in [1.82, 2.24) is 14.9 Å². The van der Waals surface area contributed by atoms with Crippen LogP contribution in [0.3, 0.4) is 0 Å². The van der Waals surface area contributed by atoms with E-state index >= 15 is 0 Å². The average Bonchev–Trinajstić information content (AvgIpc) is 2.76. The molecule has 1 aromatic heterocycles. The van der Waals surface area contributed by atoms with Gasteiger partial charge in [-0.25, -0.2) is 4.98 Å². The van der Waals surface area contributed by atoms with E-state index in [1.54, 1.807) is 18.2 Å². The summed E-state index contributed by atoms with van der Waals surface area (Å²) in [5, 5.41) is 3.80. The zero-order valence-electron chi connectivity index (χ0n) is 10.8. The van der Waals surface area contributed by atoms with Crippen molar-refractivity contribution < 1.29 is 0 Å². The molecule has 6 heteroatoms. The Morgan fingerprint density at radius 3 is 3.11 bits per heavy atom. The van der Waals surface area contributed by atoms with Gasteiger partial charge in [0.2, 0.25) is 5.95 Å². The molecule has 0 amide bonds. The summed E-state index contributed by atoms with van der Waals surface area (Å²) in [5.41, 5.74) is 6.74. The first kappa shape index (κ1) is 12.0. The molecule has 2 heterocycles. The van der Waals surface area contributed by atoms with Crippen LogP contribution in [0.25, 0.3) is 10.9 Å². The van der Waals surface area contributed by atoms with Crippen molar-refractivity contribution in [3.8, 4) is 0 Å². The van der Waals surface area contributed by atoms with Crippen molar-refractivity contribution in [3.05, 3.63) is 28.6 Å². The second-order valence-electron chi connectivity index (χ2n) is 5.08. The minimum absolute atomic E-state index is 0.161. The van der Waals surface area contributed by atoms with Gasteiger partial charge in [0.05, 0.1) is 10.9 Å². The maximum absolute atomic E-state index is 12.0. The molecule has 4 N–H and O–H groups in total. The fourth-order valence-corrected chi connectivity index (χ4v) is 2.47. The zero-order valence-corrected chi connectivity index (χ0v) is 10.8. The lowest BCUT2D eigenvalue weighted by Crippen LogP contribution is -2.26. The quantitative estimate of drug-likeness (QED) is 0.688. The lowest BCUT2D eigenvalue weighted by Gasteiger charge is -2.13. The Morgan fingerprint density at radius 1 is 1.53 bits per heavy atom. The molecular weight excluding hydrogens is 242 g/mol. The summed E-state index contributed by atoms with van der Waals surface area (Å²) in [7, 11) is 2.08. The van der Waals surface area contributed by atoms with Crippen LogP contribution in [0, 0.1) is 0 Å². The number of anilines is 2. The van der Waals surface area contributed by atoms with Gasteiger partial charge < -0.3 is 16.0 Å². The van der Waals surface area contributed by atoms with Crippen molar-refractivity contribution >= 4 is 22.5 Å². The van der Waals surface area contributed by atoms with E-state index in [9.17, 15) is 4.79 Å². The first-order chi connectivity index (χ1) is 9.11. The summed E-state index contributed by atoms with van der Waals surface area (Å²) >= 11 is 0. The molecule has 0 aliphatic carbocycles. The maximum atomic E-state index is 12.0. The molecule has 0 saturated carbocycles. The van der Waals surface area contributed by atoms with Crippen LogP contribution in [-0.4, -0.2) is 41.0 Å². The summed E-state index contributed by atoms with van der Waals surface area (Å²) in [5.74, 6) is 0.530. The smallest absolute Gasteiger partial charge is 0.260 e. The number of rotatable bonds is 2. The standard InChI is InChI=1S/C13H17N5O/c1-18-5-4-9(7-18)15-13-16-11-3-2-8(14)6-10(11)12(19)17-13/h2-3,6,9H,4-5,7,14H2,1H3,(H2,15,16,17,19). The molecule has 1 aliphatic rings. The molecule has 0 spiro atoms. The largest absolute Gasteiger partial charge is 0.399 e. The molecule has 1 atom stereocenters. The van der Waals surface area contributed by atoms with E-state index in [1.807, 2.05) is 0 Å². The first-order valence-corrected chi connectivity index (χ1v) is 6.36. The number of hydrogen-bond acceptors (Lipinski definition) is 5. The van der Waals surface area contributed by atoms with Crippen LogP contribution < -0.4 is 16.6 Å². The van der Waals surface area contributed by atoms with Crippen LogP contribution in [0.2, 0.25) is 0 Å². The molecule has 1 saturated heterocycles. The maximum Gasteiger partial charge on any atom is 0.260 e. The van der Waals surface area contributed by atoms with Crippen molar-refractivity contribution in [2.24, 2.45) is 0 Å². The van der Waals surface area contributed by atoms with E-state index in [2.05, 4.69) is 27.2 Å². The number of benzene rings is 1. The lowest BCUT2D eigenvalue weighted by atomic mass is 10.2. The molecule has 1 aromatic carbocycles. The van der Waals surface area contributed by atoms with E-state index in [0.29, 0.717) is 28.6 Å². The second kappa shape index (κ2) is 4.55. The number of hydrogen-bond donors (Lipinski definition) is 3. The van der Waals surface area contributed by atoms with E-state index in [0.717, 1.165) is 19.5 Å². The van der Waals surface area contributed by atoms with Gasteiger partial charge in [0.1, 0.15) is 0 Å². The average molecular weight is 259 g/mol. The fraction of sp³-hybridized carbons (Fsp3) is 0.385. The van der Waals surface area contributed by atoms with Gasteiger partial charge in [-0.1, -0.05) is 0 Å². The summed E-state index contributed by atoms with van der Waals surface area (Å²) in [6.07, 6.45) is 1.06. The molecule has 6 nitrogen and oxygen atoms in total. The highest BCUT2D eigenvalue weighted by Gasteiger charge is 2.19. The predicted molar refractivity (Wildman–Crippen MR) is 76.3 cm³/mol. The van der Waals surface area contributed by atoms with Crippen LogP contribution in [0.4, 0.5) is 11.6 Å². The van der Waals surface area contributed by atoms with E-state index < -0.39 is 0 Å². The number of fused-ring (bicyclic) bond motifs is 1. The minimum Gasteiger partial charge on any atom is -0.399 e. The van der Waals surface area contributed by atoms with Gasteiger partial charge in [-0.3, -0.25) is 9.78 Å². The number of H-pyrrole nitrogens is 1. The highest BCUT2D eigenvalue weighted by Crippen LogP contribution is 2.15. The molecule has 0 radical (unpaired) electrons. The molecular formula is C13H17N5O. The Hall–Kier alpha value is -2.08. The normalized spacial score (nSPS) is 19.9. The highest BCUT2D eigenvalue weighted by molar-refractivity contribution is 5.81. The monoisotopic (exact) mass is 259 g/mol. The third-order valence-corrected chi connectivity index (χ3v) is 3.46. The van der Waals surface area contributed by atoms with Crippen LogP contribution in [-0.2, 0) is 0 Å². The summed E-state index contributed by atoms with van der Waals surface area (Å²) in [4.78, 5) is 21.4. The van der Waals surface area contributed by atoms with Gasteiger partial charge >= 0.3 is 0 Å². The number of nitrogen functional groups attached to an aromatic ring is 1. The van der Waals surface area contributed by atoms with E-state index in [-0.39, 0.29) is 5.56 Å². The lowest BCUT2D eigenvalue weighted by molar-refractivity contribution is 0.414. The third-order valence-electron chi connectivity index (χ3n) is 3.46. The van der Waals surface area contributed by atoms with Crippen LogP contribution in [0.5, 0.6) is 0 Å².